The first-order chi connectivity index (χ1) is 16.1. The maximum atomic E-state index is 13.7. The van der Waals surface area contributed by atoms with Crippen LogP contribution in [0.2, 0.25) is 5.02 Å². The van der Waals surface area contributed by atoms with Crippen molar-refractivity contribution in [1.29, 1.82) is 0 Å². The molecule has 0 aromatic heterocycles. The van der Waals surface area contributed by atoms with Gasteiger partial charge in [0.25, 0.3) is 5.91 Å². The Kier molecular flexibility index (Phi) is 11.7. The molecule has 1 aromatic carbocycles. The van der Waals surface area contributed by atoms with Gasteiger partial charge in [0.2, 0.25) is 5.91 Å². The maximum Gasteiger partial charge on any atom is 0.255 e. The molecule has 0 radical (unpaired) electrons. The lowest BCUT2D eigenvalue weighted by Crippen LogP contribution is -2.53. The van der Waals surface area contributed by atoms with E-state index in [0.717, 1.165) is 0 Å². The van der Waals surface area contributed by atoms with Crippen molar-refractivity contribution in [2.24, 2.45) is 5.92 Å². The summed E-state index contributed by atoms with van der Waals surface area (Å²) in [4.78, 5) is 29.6. The van der Waals surface area contributed by atoms with Crippen molar-refractivity contribution in [3.63, 3.8) is 0 Å². The van der Waals surface area contributed by atoms with Crippen molar-refractivity contribution in [1.82, 2.24) is 9.80 Å². The van der Waals surface area contributed by atoms with Gasteiger partial charge in [-0.05, 0) is 37.3 Å². The summed E-state index contributed by atoms with van der Waals surface area (Å²) in [7, 11) is 1.43. The fourth-order valence-electron chi connectivity index (χ4n) is 4.25. The zero-order valence-electron chi connectivity index (χ0n) is 20.7. The number of hydrogen-bond acceptors (Lipinski definition) is 6. The van der Waals surface area contributed by atoms with Crippen LogP contribution in [0.5, 0.6) is 0 Å². The molecule has 0 unspecified atom stereocenters. The molecular formula is C25H39ClN2O6. The van der Waals surface area contributed by atoms with E-state index in [1.807, 2.05) is 4.90 Å². The Morgan fingerprint density at radius 1 is 1.21 bits per heavy atom. The summed E-state index contributed by atoms with van der Waals surface area (Å²) in [5.41, 5.74) is 0.429. The fourth-order valence-corrected chi connectivity index (χ4v) is 4.46. The molecule has 2 N–H and O–H groups in total. The Morgan fingerprint density at radius 3 is 2.53 bits per heavy atom. The highest BCUT2D eigenvalue weighted by Crippen LogP contribution is 2.23. The maximum absolute atomic E-state index is 13.7. The van der Waals surface area contributed by atoms with Crippen LogP contribution in [0.1, 0.15) is 50.4 Å². The molecule has 0 aliphatic carbocycles. The second kappa shape index (κ2) is 14.0. The van der Waals surface area contributed by atoms with Gasteiger partial charge in [0.1, 0.15) is 18.3 Å². The monoisotopic (exact) mass is 498 g/mol. The number of halogens is 1. The number of amides is 2. The zero-order chi connectivity index (χ0) is 25.3. The van der Waals surface area contributed by atoms with Gasteiger partial charge in [0.15, 0.2) is 0 Å². The van der Waals surface area contributed by atoms with Gasteiger partial charge < -0.3 is 29.5 Å². The summed E-state index contributed by atoms with van der Waals surface area (Å²) in [6.07, 6.45) is -1.12. The molecule has 34 heavy (non-hydrogen) atoms. The summed E-state index contributed by atoms with van der Waals surface area (Å²) in [5.74, 6) is -0.106. The fraction of sp³-hybridized carbons (Fsp3) is 0.680. The Morgan fingerprint density at radius 2 is 1.91 bits per heavy atom. The smallest absolute Gasteiger partial charge is 0.255 e. The molecule has 2 rings (SSSR count). The zero-order valence-corrected chi connectivity index (χ0v) is 21.4. The number of hydrogen-bond donors (Lipinski definition) is 2. The van der Waals surface area contributed by atoms with Crippen LogP contribution in [0.15, 0.2) is 24.3 Å². The minimum atomic E-state index is -1.22. The topological polar surface area (TPSA) is 99.5 Å². The van der Waals surface area contributed by atoms with Gasteiger partial charge >= 0.3 is 0 Å². The van der Waals surface area contributed by atoms with Crippen LogP contribution in [-0.2, 0) is 14.3 Å². The average molecular weight is 499 g/mol. The van der Waals surface area contributed by atoms with Gasteiger partial charge in [-0.25, -0.2) is 0 Å². The molecule has 4 atom stereocenters. The summed E-state index contributed by atoms with van der Waals surface area (Å²) in [6.45, 7) is 6.80. The number of aliphatic hydroxyl groups is 2. The third kappa shape index (κ3) is 8.20. The third-order valence-corrected chi connectivity index (χ3v) is 6.46. The lowest BCUT2D eigenvalue weighted by molar-refractivity contribution is -0.137. The minimum Gasteiger partial charge on any atom is -0.388 e. The summed E-state index contributed by atoms with van der Waals surface area (Å²) >= 11 is 6.36. The highest BCUT2D eigenvalue weighted by atomic mass is 35.5. The number of benzene rings is 1. The highest BCUT2D eigenvalue weighted by Gasteiger charge is 2.33. The predicted octanol–water partition coefficient (Wildman–Crippen LogP) is 2.59. The molecule has 0 spiro atoms. The van der Waals surface area contributed by atoms with Crippen molar-refractivity contribution >= 4 is 23.4 Å². The molecule has 192 valence electrons. The van der Waals surface area contributed by atoms with Crippen LogP contribution < -0.4 is 0 Å². The first kappa shape index (κ1) is 28.5. The van der Waals surface area contributed by atoms with Crippen molar-refractivity contribution in [3.05, 3.63) is 34.9 Å². The second-order valence-electron chi connectivity index (χ2n) is 9.30. The van der Waals surface area contributed by atoms with Crippen molar-refractivity contribution in [2.45, 2.75) is 64.4 Å². The Hall–Kier alpha value is -1.71. The number of ether oxygens (including phenoxy) is 2. The molecule has 8 nitrogen and oxygen atoms in total. The third-order valence-electron chi connectivity index (χ3n) is 6.13. The van der Waals surface area contributed by atoms with Gasteiger partial charge in [-0.3, -0.25) is 9.59 Å². The number of carbonyl (C=O) groups is 2. The summed E-state index contributed by atoms with van der Waals surface area (Å²) in [6, 6.07) is 6.71. The predicted molar refractivity (Wildman–Crippen MR) is 131 cm³/mol. The Balaban J connectivity index is 2.42. The number of aliphatic hydroxyl groups excluding tert-OH is 2. The second-order valence-corrected chi connectivity index (χ2v) is 9.71. The van der Waals surface area contributed by atoms with E-state index in [0.29, 0.717) is 43.0 Å². The quantitative estimate of drug-likeness (QED) is 0.662. The molecule has 1 saturated heterocycles. The van der Waals surface area contributed by atoms with Crippen molar-refractivity contribution in [2.75, 3.05) is 40.0 Å². The number of carbonyl (C=O) groups excluding carboxylic acids is 2. The SMILES string of the molecule is CO[C@@H]1CN(C(C)=O)C[C@H](CC(C)C)N(C(=O)c2ccccc2Cl)CCCCOC[C@@H](O)[C@H]1O. The molecule has 0 saturated carbocycles. The van der Waals surface area contributed by atoms with E-state index < -0.39 is 18.3 Å². The molecule has 1 aliphatic rings. The Labute approximate surface area is 207 Å². The minimum absolute atomic E-state index is 0.0423. The number of rotatable bonds is 4. The van der Waals surface area contributed by atoms with E-state index in [4.69, 9.17) is 21.1 Å². The molecule has 1 heterocycles. The van der Waals surface area contributed by atoms with E-state index in [9.17, 15) is 19.8 Å². The van der Waals surface area contributed by atoms with E-state index in [-0.39, 0.29) is 43.5 Å². The standard InChI is InChI=1S/C25H39ClN2O6/c1-17(2)13-19-14-27(18(3)29)15-23(33-4)24(31)22(30)16-34-12-8-7-11-28(19)25(32)20-9-5-6-10-21(20)26/h5-6,9-10,17,19,22-24,30-31H,7-8,11-16H2,1-4H3/t19-,22+,23+,24+/m0/s1. The molecule has 2 amide bonds. The highest BCUT2D eigenvalue weighted by molar-refractivity contribution is 6.33. The molecule has 1 fully saturated rings. The van der Waals surface area contributed by atoms with Gasteiger partial charge in [0.05, 0.1) is 17.2 Å². The van der Waals surface area contributed by atoms with Gasteiger partial charge in [0, 0.05) is 46.3 Å². The average Bonchev–Trinajstić information content (AvgIpc) is 2.79. The van der Waals surface area contributed by atoms with Crippen molar-refractivity contribution < 1.29 is 29.3 Å². The van der Waals surface area contributed by atoms with E-state index in [1.54, 1.807) is 29.2 Å². The van der Waals surface area contributed by atoms with Crippen molar-refractivity contribution in [3.8, 4) is 0 Å². The first-order valence-electron chi connectivity index (χ1n) is 11.9. The van der Waals surface area contributed by atoms with Gasteiger partial charge in [-0.1, -0.05) is 37.6 Å². The first-order valence-corrected chi connectivity index (χ1v) is 12.3. The van der Waals surface area contributed by atoms with Crippen LogP contribution in [0.3, 0.4) is 0 Å². The normalized spacial score (nSPS) is 25.8. The largest absolute Gasteiger partial charge is 0.388 e. The number of methoxy groups -OCH3 is 1. The van der Waals surface area contributed by atoms with Gasteiger partial charge in [-0.15, -0.1) is 0 Å². The van der Waals surface area contributed by atoms with E-state index >= 15 is 0 Å². The molecule has 0 bridgehead atoms. The Bertz CT molecular complexity index is 792. The molecule has 9 heteroatoms. The van der Waals surface area contributed by atoms with E-state index in [2.05, 4.69) is 13.8 Å². The molecule has 1 aromatic rings. The lowest BCUT2D eigenvalue weighted by atomic mass is 9.99. The summed E-state index contributed by atoms with van der Waals surface area (Å²) < 4.78 is 11.0. The summed E-state index contributed by atoms with van der Waals surface area (Å²) in [5, 5.41) is 21.3. The van der Waals surface area contributed by atoms with Crippen LogP contribution >= 0.6 is 11.6 Å². The van der Waals surface area contributed by atoms with Crippen LogP contribution in [-0.4, -0.2) is 96.1 Å². The van der Waals surface area contributed by atoms with Crippen LogP contribution in [0.25, 0.3) is 0 Å². The molecular weight excluding hydrogens is 460 g/mol. The lowest BCUT2D eigenvalue weighted by Gasteiger charge is -2.38. The van der Waals surface area contributed by atoms with Gasteiger partial charge in [-0.2, -0.15) is 0 Å². The van der Waals surface area contributed by atoms with Crippen LogP contribution in [0, 0.1) is 5.92 Å². The number of nitrogens with zero attached hydrogens (tertiary/aromatic N) is 2. The van der Waals surface area contributed by atoms with Crippen LogP contribution in [0.4, 0.5) is 0 Å². The van der Waals surface area contributed by atoms with E-state index in [1.165, 1.54) is 14.0 Å². The molecule has 1 aliphatic heterocycles.